The Balaban J connectivity index is 3.58. The molecule has 0 amide bonds. The topological polar surface area (TPSA) is 26.3 Å². The van der Waals surface area contributed by atoms with Gasteiger partial charge in [-0.1, -0.05) is 20.3 Å². The van der Waals surface area contributed by atoms with Crippen molar-refractivity contribution in [3.05, 3.63) is 6.92 Å². The van der Waals surface area contributed by atoms with Crippen LogP contribution < -0.4 is 0 Å². The molecule has 1 unspecified atom stereocenters. The first kappa shape index (κ1) is 10.5. The highest BCUT2D eigenvalue weighted by Crippen LogP contribution is 2.06. The van der Waals surface area contributed by atoms with Crippen LogP contribution in [0.15, 0.2) is 0 Å². The van der Waals surface area contributed by atoms with Crippen molar-refractivity contribution in [3.8, 4) is 0 Å². The van der Waals surface area contributed by atoms with Gasteiger partial charge in [0.1, 0.15) is 6.10 Å². The number of carbonyl (C=O) groups excluding carboxylic acids is 1. The van der Waals surface area contributed by atoms with Gasteiger partial charge in [-0.25, -0.2) is 0 Å². The first-order chi connectivity index (χ1) is 5.24. The minimum atomic E-state index is -0.118. The van der Waals surface area contributed by atoms with Crippen LogP contribution in [0.5, 0.6) is 0 Å². The summed E-state index contributed by atoms with van der Waals surface area (Å²) in [7, 11) is 0. The summed E-state index contributed by atoms with van der Waals surface area (Å²) in [5, 5.41) is 0. The van der Waals surface area contributed by atoms with E-state index in [2.05, 4.69) is 13.8 Å². The lowest BCUT2D eigenvalue weighted by atomic mass is 10.1. The first-order valence-electron chi connectivity index (χ1n) is 4.23. The molecule has 0 heterocycles. The molecule has 2 nitrogen and oxygen atoms in total. The van der Waals surface area contributed by atoms with Gasteiger partial charge in [0.25, 0.3) is 0 Å². The summed E-state index contributed by atoms with van der Waals surface area (Å²) in [5.41, 5.74) is 0. The smallest absolute Gasteiger partial charge is 0.305 e. The van der Waals surface area contributed by atoms with E-state index in [0.29, 0.717) is 12.8 Å². The van der Waals surface area contributed by atoms with Crippen LogP contribution in [-0.4, -0.2) is 12.1 Å². The van der Waals surface area contributed by atoms with Crippen LogP contribution in [0.1, 0.15) is 39.5 Å². The molecular formula is C9H17O2. The third kappa shape index (κ3) is 4.82. The molecule has 0 fully saturated rings. The summed E-state index contributed by atoms with van der Waals surface area (Å²) in [6, 6.07) is 0. The molecule has 0 aromatic rings. The van der Waals surface area contributed by atoms with Crippen LogP contribution in [0.4, 0.5) is 0 Å². The third-order valence-electron chi connectivity index (χ3n) is 1.52. The molecular weight excluding hydrogens is 140 g/mol. The van der Waals surface area contributed by atoms with Gasteiger partial charge in [-0.2, -0.15) is 0 Å². The highest BCUT2D eigenvalue weighted by molar-refractivity contribution is 5.69. The Kier molecular flexibility index (Phi) is 5.90. The van der Waals surface area contributed by atoms with Gasteiger partial charge in [0.15, 0.2) is 0 Å². The quantitative estimate of drug-likeness (QED) is 0.572. The molecule has 0 aliphatic carbocycles. The van der Waals surface area contributed by atoms with Crippen molar-refractivity contribution in [2.75, 3.05) is 0 Å². The van der Waals surface area contributed by atoms with E-state index in [1.54, 1.807) is 6.92 Å². The molecule has 1 radical (unpaired) electrons. The van der Waals surface area contributed by atoms with Crippen molar-refractivity contribution in [2.45, 2.75) is 45.6 Å². The number of rotatable bonds is 5. The molecule has 2 heteroatoms. The molecule has 0 rings (SSSR count). The molecule has 0 aromatic carbocycles. The minimum absolute atomic E-state index is 0.0347. The second-order valence-corrected chi connectivity index (χ2v) is 2.54. The van der Waals surface area contributed by atoms with Gasteiger partial charge in [0.05, 0.1) is 0 Å². The fraction of sp³-hybridized carbons (Fsp3) is 0.778. The molecule has 0 aliphatic rings. The summed E-state index contributed by atoms with van der Waals surface area (Å²) >= 11 is 0. The van der Waals surface area contributed by atoms with Gasteiger partial charge in [-0.3, -0.25) is 4.79 Å². The van der Waals surface area contributed by atoms with Crippen LogP contribution in [0.3, 0.4) is 0 Å². The molecule has 0 aromatic heterocycles. The first-order valence-corrected chi connectivity index (χ1v) is 4.23. The van der Waals surface area contributed by atoms with Crippen molar-refractivity contribution in [1.82, 2.24) is 0 Å². The Bertz CT molecular complexity index is 110. The highest BCUT2D eigenvalue weighted by atomic mass is 16.5. The second-order valence-electron chi connectivity index (χ2n) is 2.54. The SMILES string of the molecule is [CH2]CC(CCC)OC(=O)CC. The summed E-state index contributed by atoms with van der Waals surface area (Å²) in [6.45, 7) is 7.59. The molecule has 0 N–H and O–H groups in total. The van der Waals surface area contributed by atoms with E-state index >= 15 is 0 Å². The van der Waals surface area contributed by atoms with E-state index in [0.717, 1.165) is 12.8 Å². The van der Waals surface area contributed by atoms with E-state index < -0.39 is 0 Å². The number of carbonyl (C=O) groups is 1. The van der Waals surface area contributed by atoms with E-state index in [4.69, 9.17) is 4.74 Å². The van der Waals surface area contributed by atoms with Gasteiger partial charge in [0, 0.05) is 6.42 Å². The second kappa shape index (κ2) is 6.20. The number of hydrogen-bond acceptors (Lipinski definition) is 2. The fourth-order valence-corrected chi connectivity index (χ4v) is 0.853. The molecule has 65 valence electrons. The molecule has 0 aliphatic heterocycles. The average molecular weight is 157 g/mol. The van der Waals surface area contributed by atoms with Crippen molar-refractivity contribution in [1.29, 1.82) is 0 Å². The zero-order valence-corrected chi connectivity index (χ0v) is 7.43. The molecule has 11 heavy (non-hydrogen) atoms. The molecule has 0 bridgehead atoms. The van der Waals surface area contributed by atoms with E-state index in [-0.39, 0.29) is 12.1 Å². The minimum Gasteiger partial charge on any atom is -0.462 e. The van der Waals surface area contributed by atoms with Gasteiger partial charge in [-0.05, 0) is 19.8 Å². The van der Waals surface area contributed by atoms with Gasteiger partial charge < -0.3 is 4.74 Å². The van der Waals surface area contributed by atoms with Crippen LogP contribution in [0.2, 0.25) is 0 Å². The standard InChI is InChI=1S/C9H17O2/c1-4-7-8(5-2)11-9(10)6-3/h8H,2,4-7H2,1,3H3. The zero-order valence-electron chi connectivity index (χ0n) is 7.43. The van der Waals surface area contributed by atoms with E-state index in [9.17, 15) is 4.79 Å². The maximum atomic E-state index is 10.8. The lowest BCUT2D eigenvalue weighted by Gasteiger charge is -2.13. The van der Waals surface area contributed by atoms with E-state index in [1.165, 1.54) is 0 Å². The maximum Gasteiger partial charge on any atom is 0.305 e. The number of hydrogen-bond donors (Lipinski definition) is 0. The summed E-state index contributed by atoms with van der Waals surface area (Å²) in [5.74, 6) is -0.118. The molecule has 0 saturated heterocycles. The Morgan fingerprint density at radius 1 is 1.55 bits per heavy atom. The summed E-state index contributed by atoms with van der Waals surface area (Å²) in [4.78, 5) is 10.8. The Morgan fingerprint density at radius 3 is 2.55 bits per heavy atom. The van der Waals surface area contributed by atoms with Crippen LogP contribution >= 0.6 is 0 Å². The third-order valence-corrected chi connectivity index (χ3v) is 1.52. The Morgan fingerprint density at radius 2 is 2.18 bits per heavy atom. The van der Waals surface area contributed by atoms with Crippen molar-refractivity contribution < 1.29 is 9.53 Å². The summed E-state index contributed by atoms with van der Waals surface area (Å²) in [6.07, 6.45) is 3.14. The fourth-order valence-electron chi connectivity index (χ4n) is 0.853. The van der Waals surface area contributed by atoms with Gasteiger partial charge >= 0.3 is 5.97 Å². The largest absolute Gasteiger partial charge is 0.462 e. The predicted molar refractivity (Wildman–Crippen MR) is 45.1 cm³/mol. The zero-order chi connectivity index (χ0) is 8.69. The molecule has 1 atom stereocenters. The monoisotopic (exact) mass is 157 g/mol. The van der Waals surface area contributed by atoms with Crippen LogP contribution in [0, 0.1) is 6.92 Å². The summed E-state index contributed by atoms with van der Waals surface area (Å²) < 4.78 is 5.09. The van der Waals surface area contributed by atoms with E-state index in [1.807, 2.05) is 0 Å². The van der Waals surface area contributed by atoms with Gasteiger partial charge in [-0.15, -0.1) is 0 Å². The van der Waals surface area contributed by atoms with Crippen molar-refractivity contribution >= 4 is 5.97 Å². The highest BCUT2D eigenvalue weighted by Gasteiger charge is 2.08. The molecule has 0 saturated carbocycles. The van der Waals surface area contributed by atoms with Crippen molar-refractivity contribution in [3.63, 3.8) is 0 Å². The number of esters is 1. The maximum absolute atomic E-state index is 10.8. The Labute approximate surface area is 68.9 Å². The van der Waals surface area contributed by atoms with Gasteiger partial charge in [0.2, 0.25) is 0 Å². The Hall–Kier alpha value is -0.530. The van der Waals surface area contributed by atoms with Crippen molar-refractivity contribution in [2.24, 2.45) is 0 Å². The predicted octanol–water partition coefficient (Wildman–Crippen LogP) is 2.33. The lowest BCUT2D eigenvalue weighted by Crippen LogP contribution is -2.16. The average Bonchev–Trinajstić information content (AvgIpc) is 2.03. The van der Waals surface area contributed by atoms with Crippen LogP contribution in [0.25, 0.3) is 0 Å². The lowest BCUT2D eigenvalue weighted by molar-refractivity contribution is -0.148. The normalized spacial score (nSPS) is 12.6. The number of ether oxygens (including phenoxy) is 1. The molecule has 0 spiro atoms. The van der Waals surface area contributed by atoms with Crippen LogP contribution in [-0.2, 0) is 9.53 Å².